The summed E-state index contributed by atoms with van der Waals surface area (Å²) in [5.41, 5.74) is 0. The van der Waals surface area contributed by atoms with Crippen molar-refractivity contribution in [1.82, 2.24) is 5.32 Å². The van der Waals surface area contributed by atoms with E-state index in [-0.39, 0.29) is 6.61 Å². The van der Waals surface area contributed by atoms with E-state index in [9.17, 15) is 0 Å². The third-order valence-electron chi connectivity index (χ3n) is 3.54. The molecule has 0 aromatic carbocycles. The first-order valence-corrected chi connectivity index (χ1v) is 7.33. The van der Waals surface area contributed by atoms with Gasteiger partial charge >= 0.3 is 0 Å². The SMILES string of the molecule is OCCOCCCNCC1CCCCCCC1. The molecule has 0 spiro atoms. The van der Waals surface area contributed by atoms with Crippen molar-refractivity contribution >= 4 is 0 Å². The molecule has 0 radical (unpaired) electrons. The van der Waals surface area contributed by atoms with E-state index in [0.29, 0.717) is 6.61 Å². The van der Waals surface area contributed by atoms with E-state index in [0.717, 1.165) is 25.5 Å². The maximum Gasteiger partial charge on any atom is 0.0697 e. The smallest absolute Gasteiger partial charge is 0.0697 e. The van der Waals surface area contributed by atoms with E-state index in [1.807, 2.05) is 0 Å². The van der Waals surface area contributed by atoms with Crippen LogP contribution in [0.2, 0.25) is 0 Å². The Morgan fingerprint density at radius 2 is 1.71 bits per heavy atom. The largest absolute Gasteiger partial charge is 0.394 e. The van der Waals surface area contributed by atoms with Gasteiger partial charge in [0.1, 0.15) is 0 Å². The average Bonchev–Trinajstić information content (AvgIpc) is 2.30. The van der Waals surface area contributed by atoms with Crippen LogP contribution in [-0.4, -0.2) is 38.0 Å². The summed E-state index contributed by atoms with van der Waals surface area (Å²) in [5, 5.41) is 12.1. The van der Waals surface area contributed by atoms with Gasteiger partial charge in [0.05, 0.1) is 13.2 Å². The lowest BCUT2D eigenvalue weighted by atomic mass is 9.91. The second-order valence-electron chi connectivity index (χ2n) is 5.10. The number of ether oxygens (including phenoxy) is 1. The highest BCUT2D eigenvalue weighted by Crippen LogP contribution is 2.21. The number of rotatable bonds is 8. The summed E-state index contributed by atoms with van der Waals surface area (Å²) in [6, 6.07) is 0. The predicted octanol–water partition coefficient (Wildman–Crippen LogP) is 2.34. The molecule has 0 atom stereocenters. The molecule has 3 heteroatoms. The van der Waals surface area contributed by atoms with Crippen molar-refractivity contribution < 1.29 is 9.84 Å². The summed E-state index contributed by atoms with van der Waals surface area (Å²) < 4.78 is 5.22. The Bertz CT molecular complexity index is 156. The third-order valence-corrected chi connectivity index (χ3v) is 3.54. The van der Waals surface area contributed by atoms with Gasteiger partial charge in [0, 0.05) is 6.61 Å². The molecule has 102 valence electrons. The number of hydrogen-bond donors (Lipinski definition) is 2. The van der Waals surface area contributed by atoms with Crippen LogP contribution in [0.1, 0.15) is 51.4 Å². The maximum absolute atomic E-state index is 8.55. The van der Waals surface area contributed by atoms with Crippen LogP contribution < -0.4 is 5.32 Å². The zero-order valence-electron chi connectivity index (χ0n) is 11.1. The molecule has 2 N–H and O–H groups in total. The second kappa shape index (κ2) is 11.0. The molecule has 0 saturated heterocycles. The van der Waals surface area contributed by atoms with E-state index in [4.69, 9.17) is 9.84 Å². The predicted molar refractivity (Wildman–Crippen MR) is 71.2 cm³/mol. The molecule has 1 aliphatic carbocycles. The van der Waals surface area contributed by atoms with Gasteiger partial charge in [0.15, 0.2) is 0 Å². The standard InChI is InChI=1S/C14H29NO2/c16-10-12-17-11-6-9-15-13-14-7-4-2-1-3-5-8-14/h14-16H,1-13H2. The van der Waals surface area contributed by atoms with Crippen molar-refractivity contribution in [2.24, 2.45) is 5.92 Å². The molecule has 0 bridgehead atoms. The Morgan fingerprint density at radius 1 is 1.00 bits per heavy atom. The van der Waals surface area contributed by atoms with Crippen LogP contribution in [0.15, 0.2) is 0 Å². The number of nitrogens with one attached hydrogen (secondary N) is 1. The molecule has 1 rings (SSSR count). The molecule has 3 nitrogen and oxygen atoms in total. The number of aliphatic hydroxyl groups excluding tert-OH is 1. The molecule has 1 aliphatic rings. The summed E-state index contributed by atoms with van der Waals surface area (Å²) in [5.74, 6) is 0.897. The first kappa shape index (κ1) is 14.9. The molecule has 0 unspecified atom stereocenters. The minimum absolute atomic E-state index is 0.134. The van der Waals surface area contributed by atoms with Gasteiger partial charge in [-0.15, -0.1) is 0 Å². The summed E-state index contributed by atoms with van der Waals surface area (Å²) >= 11 is 0. The van der Waals surface area contributed by atoms with Crippen molar-refractivity contribution in [2.75, 3.05) is 32.9 Å². The van der Waals surface area contributed by atoms with E-state index >= 15 is 0 Å². The number of aliphatic hydroxyl groups is 1. The summed E-state index contributed by atoms with van der Waals surface area (Å²) in [6.45, 7) is 3.60. The van der Waals surface area contributed by atoms with Crippen molar-refractivity contribution in [1.29, 1.82) is 0 Å². The second-order valence-corrected chi connectivity index (χ2v) is 5.10. The van der Waals surface area contributed by atoms with Gasteiger partial charge in [0.2, 0.25) is 0 Å². The summed E-state index contributed by atoms with van der Waals surface area (Å²) in [7, 11) is 0. The Hall–Kier alpha value is -0.120. The molecule has 0 amide bonds. The lowest BCUT2D eigenvalue weighted by Gasteiger charge is -2.20. The van der Waals surface area contributed by atoms with Crippen LogP contribution in [0.3, 0.4) is 0 Å². The third kappa shape index (κ3) is 8.58. The molecular formula is C14H29NO2. The fraction of sp³-hybridized carbons (Fsp3) is 1.00. The normalized spacial score (nSPS) is 18.9. The van der Waals surface area contributed by atoms with Gasteiger partial charge < -0.3 is 15.2 Å². The Balaban J connectivity index is 1.90. The highest BCUT2D eigenvalue weighted by molar-refractivity contribution is 4.66. The summed E-state index contributed by atoms with van der Waals surface area (Å²) in [4.78, 5) is 0. The number of hydrogen-bond acceptors (Lipinski definition) is 3. The first-order valence-electron chi connectivity index (χ1n) is 7.33. The zero-order chi connectivity index (χ0) is 12.2. The highest BCUT2D eigenvalue weighted by atomic mass is 16.5. The minimum Gasteiger partial charge on any atom is -0.394 e. The molecule has 17 heavy (non-hydrogen) atoms. The highest BCUT2D eigenvalue weighted by Gasteiger charge is 2.10. The van der Waals surface area contributed by atoms with Crippen LogP contribution in [0, 0.1) is 5.92 Å². The van der Waals surface area contributed by atoms with Gasteiger partial charge in [-0.25, -0.2) is 0 Å². The van der Waals surface area contributed by atoms with Crippen molar-refractivity contribution in [3.05, 3.63) is 0 Å². The summed E-state index contributed by atoms with van der Waals surface area (Å²) in [6.07, 6.45) is 11.0. The lowest BCUT2D eigenvalue weighted by Crippen LogP contribution is -2.25. The van der Waals surface area contributed by atoms with Crippen LogP contribution >= 0.6 is 0 Å². The van der Waals surface area contributed by atoms with Gasteiger partial charge in [0.25, 0.3) is 0 Å². The van der Waals surface area contributed by atoms with Gasteiger partial charge in [-0.3, -0.25) is 0 Å². The van der Waals surface area contributed by atoms with Crippen molar-refractivity contribution in [2.45, 2.75) is 51.4 Å². The lowest BCUT2D eigenvalue weighted by molar-refractivity contribution is 0.0906. The van der Waals surface area contributed by atoms with E-state index in [2.05, 4.69) is 5.32 Å². The molecule has 0 aliphatic heterocycles. The van der Waals surface area contributed by atoms with E-state index < -0.39 is 0 Å². The molecule has 0 aromatic rings. The Kier molecular flexibility index (Phi) is 9.66. The Morgan fingerprint density at radius 3 is 2.41 bits per heavy atom. The fourth-order valence-electron chi connectivity index (χ4n) is 2.52. The van der Waals surface area contributed by atoms with Crippen LogP contribution in [-0.2, 0) is 4.74 Å². The zero-order valence-corrected chi connectivity index (χ0v) is 11.1. The Labute approximate surface area is 106 Å². The van der Waals surface area contributed by atoms with Crippen LogP contribution in [0.5, 0.6) is 0 Å². The van der Waals surface area contributed by atoms with Crippen molar-refractivity contribution in [3.63, 3.8) is 0 Å². The van der Waals surface area contributed by atoms with Gasteiger partial charge in [-0.05, 0) is 38.3 Å². The van der Waals surface area contributed by atoms with Crippen LogP contribution in [0.4, 0.5) is 0 Å². The molecular weight excluding hydrogens is 214 g/mol. The fourth-order valence-corrected chi connectivity index (χ4v) is 2.52. The maximum atomic E-state index is 8.55. The minimum atomic E-state index is 0.134. The average molecular weight is 243 g/mol. The monoisotopic (exact) mass is 243 g/mol. The molecule has 1 saturated carbocycles. The van der Waals surface area contributed by atoms with Crippen molar-refractivity contribution in [3.8, 4) is 0 Å². The van der Waals surface area contributed by atoms with Gasteiger partial charge in [-0.1, -0.05) is 32.1 Å². The molecule has 0 heterocycles. The molecule has 1 fully saturated rings. The van der Waals surface area contributed by atoms with E-state index in [1.54, 1.807) is 0 Å². The molecule has 0 aromatic heterocycles. The van der Waals surface area contributed by atoms with E-state index in [1.165, 1.54) is 51.5 Å². The first-order chi connectivity index (χ1) is 8.43. The van der Waals surface area contributed by atoms with Crippen LogP contribution in [0.25, 0.3) is 0 Å². The topological polar surface area (TPSA) is 41.5 Å². The van der Waals surface area contributed by atoms with Gasteiger partial charge in [-0.2, -0.15) is 0 Å². The quantitative estimate of drug-likeness (QED) is 0.643.